The van der Waals surface area contributed by atoms with Crippen LogP contribution in [0, 0.1) is 18.3 Å². The molecule has 0 bridgehead atoms. The molecule has 1 unspecified atom stereocenters. The third-order valence-electron chi connectivity index (χ3n) is 1.74. The van der Waals surface area contributed by atoms with Gasteiger partial charge in [-0.1, -0.05) is 18.2 Å². The van der Waals surface area contributed by atoms with Gasteiger partial charge in [0.1, 0.15) is 0 Å². The summed E-state index contributed by atoms with van der Waals surface area (Å²) in [5, 5.41) is 8.35. The van der Waals surface area contributed by atoms with Crippen LogP contribution in [0.5, 0.6) is 0 Å². The highest BCUT2D eigenvalue weighted by Crippen LogP contribution is 2.12. The average molecular weight is 193 g/mol. The summed E-state index contributed by atoms with van der Waals surface area (Å²) in [6.45, 7) is 1.93. The van der Waals surface area contributed by atoms with Gasteiger partial charge in [-0.25, -0.2) is 0 Å². The van der Waals surface area contributed by atoms with Crippen LogP contribution in [0.15, 0.2) is 29.2 Å². The minimum Gasteiger partial charge on any atom is -0.254 e. The van der Waals surface area contributed by atoms with Crippen LogP contribution in [0.1, 0.15) is 12.0 Å². The zero-order valence-corrected chi connectivity index (χ0v) is 8.30. The molecule has 0 aliphatic carbocycles. The third kappa shape index (κ3) is 2.67. The molecule has 0 N–H and O–H groups in total. The zero-order valence-electron chi connectivity index (χ0n) is 7.49. The molecule has 0 aliphatic rings. The smallest absolute Gasteiger partial charge is 0.0631 e. The van der Waals surface area contributed by atoms with Crippen molar-refractivity contribution >= 4 is 10.8 Å². The van der Waals surface area contributed by atoms with Gasteiger partial charge in [0.05, 0.1) is 16.9 Å². The van der Waals surface area contributed by atoms with Crippen molar-refractivity contribution in [2.75, 3.05) is 5.75 Å². The fourth-order valence-corrected chi connectivity index (χ4v) is 2.21. The highest BCUT2D eigenvalue weighted by atomic mass is 32.2. The number of rotatable bonds is 3. The van der Waals surface area contributed by atoms with Crippen LogP contribution in [-0.4, -0.2) is 9.96 Å². The highest BCUT2D eigenvalue weighted by Gasteiger charge is 2.04. The van der Waals surface area contributed by atoms with E-state index in [1.165, 1.54) is 0 Å². The summed E-state index contributed by atoms with van der Waals surface area (Å²) in [6, 6.07) is 9.56. The predicted octanol–water partition coefficient (Wildman–Crippen LogP) is 2.02. The Kier molecular flexibility index (Phi) is 3.66. The van der Waals surface area contributed by atoms with Crippen LogP contribution >= 0.6 is 0 Å². The van der Waals surface area contributed by atoms with E-state index in [0.29, 0.717) is 12.2 Å². The molecule has 68 valence electrons. The molecule has 0 fully saturated rings. The van der Waals surface area contributed by atoms with Gasteiger partial charge >= 0.3 is 0 Å². The molecule has 1 atom stereocenters. The van der Waals surface area contributed by atoms with E-state index in [9.17, 15) is 4.21 Å². The van der Waals surface area contributed by atoms with Gasteiger partial charge in [0.25, 0.3) is 0 Å². The Hall–Kier alpha value is -1.14. The van der Waals surface area contributed by atoms with Crippen LogP contribution in [0.4, 0.5) is 0 Å². The normalized spacial score (nSPS) is 12.0. The monoisotopic (exact) mass is 193 g/mol. The quantitative estimate of drug-likeness (QED) is 0.736. The van der Waals surface area contributed by atoms with Gasteiger partial charge in [0, 0.05) is 17.1 Å². The zero-order chi connectivity index (χ0) is 9.68. The van der Waals surface area contributed by atoms with Crippen molar-refractivity contribution in [3.05, 3.63) is 29.8 Å². The SMILES string of the molecule is Cc1ccccc1S(=O)CCC#N. The van der Waals surface area contributed by atoms with Crippen molar-refractivity contribution in [2.45, 2.75) is 18.2 Å². The lowest BCUT2D eigenvalue weighted by Gasteiger charge is -2.02. The number of nitrogens with zero attached hydrogens (tertiary/aromatic N) is 1. The molecule has 0 radical (unpaired) electrons. The van der Waals surface area contributed by atoms with Gasteiger partial charge in [0.2, 0.25) is 0 Å². The van der Waals surface area contributed by atoms with E-state index < -0.39 is 10.8 Å². The first-order chi connectivity index (χ1) is 6.25. The summed E-state index contributed by atoms with van der Waals surface area (Å²) in [5.41, 5.74) is 1.03. The molecule has 13 heavy (non-hydrogen) atoms. The Morgan fingerprint density at radius 1 is 1.46 bits per heavy atom. The molecular weight excluding hydrogens is 182 g/mol. The van der Waals surface area contributed by atoms with Crippen LogP contribution in [0.3, 0.4) is 0 Å². The van der Waals surface area contributed by atoms with E-state index in [1.54, 1.807) is 0 Å². The Morgan fingerprint density at radius 3 is 2.77 bits per heavy atom. The standard InChI is InChI=1S/C10H11NOS/c1-9-5-2-3-6-10(9)13(12)8-4-7-11/h2-3,5-6H,4,8H2,1H3. The maximum Gasteiger partial charge on any atom is 0.0631 e. The summed E-state index contributed by atoms with van der Waals surface area (Å²) in [4.78, 5) is 0.845. The second-order valence-electron chi connectivity index (χ2n) is 2.72. The molecule has 0 saturated carbocycles. The van der Waals surface area contributed by atoms with Crippen molar-refractivity contribution in [1.82, 2.24) is 0 Å². The molecule has 0 heterocycles. The molecule has 0 spiro atoms. The first kappa shape index (κ1) is 9.94. The van der Waals surface area contributed by atoms with Gasteiger partial charge < -0.3 is 0 Å². The summed E-state index contributed by atoms with van der Waals surface area (Å²) in [6.07, 6.45) is 0.348. The van der Waals surface area contributed by atoms with Gasteiger partial charge in [-0.15, -0.1) is 0 Å². The van der Waals surface area contributed by atoms with Gasteiger partial charge in [-0.05, 0) is 18.6 Å². The first-order valence-electron chi connectivity index (χ1n) is 4.06. The fraction of sp³-hybridized carbons (Fsp3) is 0.300. The van der Waals surface area contributed by atoms with Gasteiger partial charge in [0.15, 0.2) is 0 Å². The first-order valence-corrected chi connectivity index (χ1v) is 5.38. The molecule has 2 nitrogen and oxygen atoms in total. The molecule has 0 aromatic heterocycles. The van der Waals surface area contributed by atoms with Crippen molar-refractivity contribution < 1.29 is 4.21 Å². The van der Waals surface area contributed by atoms with Gasteiger partial charge in [-0.2, -0.15) is 5.26 Å². The fourth-order valence-electron chi connectivity index (χ4n) is 1.06. The van der Waals surface area contributed by atoms with E-state index in [4.69, 9.17) is 5.26 Å². The van der Waals surface area contributed by atoms with E-state index in [2.05, 4.69) is 0 Å². The lowest BCUT2D eigenvalue weighted by Crippen LogP contribution is -1.98. The van der Waals surface area contributed by atoms with E-state index in [-0.39, 0.29) is 0 Å². The highest BCUT2D eigenvalue weighted by molar-refractivity contribution is 7.85. The number of nitriles is 1. The van der Waals surface area contributed by atoms with Gasteiger partial charge in [-0.3, -0.25) is 4.21 Å². The Labute approximate surface area is 80.7 Å². The summed E-state index contributed by atoms with van der Waals surface area (Å²) >= 11 is 0. The maximum atomic E-state index is 11.6. The molecule has 1 aromatic carbocycles. The molecule has 3 heteroatoms. The second kappa shape index (κ2) is 4.78. The summed E-state index contributed by atoms with van der Waals surface area (Å²) in [5.74, 6) is 0.432. The van der Waals surface area contributed by atoms with Crippen molar-refractivity contribution in [1.29, 1.82) is 5.26 Å². The minimum absolute atomic E-state index is 0.348. The number of hydrogen-bond acceptors (Lipinski definition) is 2. The van der Waals surface area contributed by atoms with Crippen LogP contribution in [-0.2, 0) is 10.8 Å². The molecule has 0 aliphatic heterocycles. The predicted molar refractivity (Wildman–Crippen MR) is 52.7 cm³/mol. The van der Waals surface area contributed by atoms with Crippen LogP contribution < -0.4 is 0 Å². The van der Waals surface area contributed by atoms with Crippen molar-refractivity contribution in [3.8, 4) is 6.07 Å². The van der Waals surface area contributed by atoms with E-state index in [0.717, 1.165) is 10.5 Å². The van der Waals surface area contributed by atoms with Crippen molar-refractivity contribution in [2.24, 2.45) is 0 Å². The molecular formula is C10H11NOS. The molecule has 1 aromatic rings. The lowest BCUT2D eigenvalue weighted by atomic mass is 10.2. The van der Waals surface area contributed by atoms with Crippen molar-refractivity contribution in [3.63, 3.8) is 0 Å². The average Bonchev–Trinajstić information content (AvgIpc) is 2.15. The topological polar surface area (TPSA) is 40.9 Å². The molecule has 0 amide bonds. The summed E-state index contributed by atoms with van der Waals surface area (Å²) < 4.78 is 11.6. The minimum atomic E-state index is -1.02. The Morgan fingerprint density at radius 2 is 2.15 bits per heavy atom. The lowest BCUT2D eigenvalue weighted by molar-refractivity contribution is 0.682. The molecule has 1 rings (SSSR count). The Balaban J connectivity index is 2.78. The largest absolute Gasteiger partial charge is 0.254 e. The second-order valence-corrected chi connectivity index (χ2v) is 4.26. The van der Waals surface area contributed by atoms with Crippen LogP contribution in [0.25, 0.3) is 0 Å². The number of hydrogen-bond donors (Lipinski definition) is 0. The molecule has 0 saturated heterocycles. The Bertz CT molecular complexity index is 354. The van der Waals surface area contributed by atoms with E-state index >= 15 is 0 Å². The third-order valence-corrected chi connectivity index (χ3v) is 3.26. The van der Waals surface area contributed by atoms with Crippen LogP contribution in [0.2, 0.25) is 0 Å². The number of aryl methyl sites for hydroxylation is 1. The number of benzene rings is 1. The maximum absolute atomic E-state index is 11.6. The van der Waals surface area contributed by atoms with E-state index in [1.807, 2.05) is 37.3 Å². The summed E-state index contributed by atoms with van der Waals surface area (Å²) in [7, 11) is -1.02.